The number of hydrogen-bond donors (Lipinski definition) is 3. The first-order valence-electron chi connectivity index (χ1n) is 10.6. The fraction of sp³-hybridized carbons (Fsp3) is 0.455. The number of piperidine rings is 1. The molecule has 1 saturated heterocycles. The first-order valence-corrected chi connectivity index (χ1v) is 11.5. The Bertz CT molecular complexity index is 875. The summed E-state index contributed by atoms with van der Waals surface area (Å²) in [5.41, 5.74) is 2.14. The van der Waals surface area contributed by atoms with Gasteiger partial charge >= 0.3 is 0 Å². The fourth-order valence-electron chi connectivity index (χ4n) is 3.77. The van der Waals surface area contributed by atoms with Crippen molar-refractivity contribution < 1.29 is 0 Å². The van der Waals surface area contributed by atoms with Crippen molar-refractivity contribution in [2.45, 2.75) is 38.6 Å². The second kappa shape index (κ2) is 9.78. The van der Waals surface area contributed by atoms with E-state index in [0.29, 0.717) is 6.04 Å². The van der Waals surface area contributed by atoms with Crippen molar-refractivity contribution in [2.75, 3.05) is 31.1 Å². The Morgan fingerprint density at radius 1 is 1.24 bits per heavy atom. The predicted octanol–water partition coefficient (Wildman–Crippen LogP) is 3.78. The SMILES string of the molecule is CCNC(=NCCCc1nc2ccccc2[nH]1)NC1CCN(c2cccs2)CC1. The number of para-hydroxylation sites is 2. The molecule has 0 radical (unpaired) electrons. The van der Waals surface area contributed by atoms with Crippen LogP contribution in [-0.2, 0) is 6.42 Å². The number of guanidine groups is 1. The van der Waals surface area contributed by atoms with Gasteiger partial charge in [0, 0.05) is 38.6 Å². The summed E-state index contributed by atoms with van der Waals surface area (Å²) >= 11 is 1.83. The van der Waals surface area contributed by atoms with Crippen molar-refractivity contribution in [3.8, 4) is 0 Å². The summed E-state index contributed by atoms with van der Waals surface area (Å²) in [6.07, 6.45) is 4.17. The number of nitrogens with one attached hydrogen (secondary N) is 3. The molecule has 6 nitrogen and oxygen atoms in total. The zero-order chi connectivity index (χ0) is 19.9. The topological polar surface area (TPSA) is 68.3 Å². The number of anilines is 1. The van der Waals surface area contributed by atoms with Crippen LogP contribution >= 0.6 is 11.3 Å². The second-order valence-corrected chi connectivity index (χ2v) is 8.35. The zero-order valence-electron chi connectivity index (χ0n) is 17.0. The number of aryl methyl sites for hydroxylation is 1. The molecule has 2 aromatic heterocycles. The van der Waals surface area contributed by atoms with E-state index in [-0.39, 0.29) is 0 Å². The molecule has 0 amide bonds. The molecule has 29 heavy (non-hydrogen) atoms. The molecule has 0 saturated carbocycles. The zero-order valence-corrected chi connectivity index (χ0v) is 17.8. The molecule has 3 aromatic rings. The minimum atomic E-state index is 0.486. The van der Waals surface area contributed by atoms with Crippen LogP contribution in [0, 0.1) is 0 Å². The maximum absolute atomic E-state index is 4.79. The number of aromatic nitrogens is 2. The van der Waals surface area contributed by atoms with E-state index in [1.54, 1.807) is 0 Å². The summed E-state index contributed by atoms with van der Waals surface area (Å²) in [6, 6.07) is 13.0. The van der Waals surface area contributed by atoms with Gasteiger partial charge in [0.05, 0.1) is 16.0 Å². The van der Waals surface area contributed by atoms with E-state index >= 15 is 0 Å². The third-order valence-electron chi connectivity index (χ3n) is 5.28. The van der Waals surface area contributed by atoms with Gasteiger partial charge in [-0.05, 0) is 55.8 Å². The van der Waals surface area contributed by atoms with E-state index in [0.717, 1.165) is 74.7 Å². The largest absolute Gasteiger partial charge is 0.363 e. The average Bonchev–Trinajstić information content (AvgIpc) is 3.41. The summed E-state index contributed by atoms with van der Waals surface area (Å²) in [4.78, 5) is 15.3. The lowest BCUT2D eigenvalue weighted by Gasteiger charge is -2.33. The van der Waals surface area contributed by atoms with E-state index in [9.17, 15) is 0 Å². The predicted molar refractivity (Wildman–Crippen MR) is 123 cm³/mol. The Balaban J connectivity index is 1.24. The highest BCUT2D eigenvalue weighted by Gasteiger charge is 2.20. The Morgan fingerprint density at radius 2 is 2.10 bits per heavy atom. The van der Waals surface area contributed by atoms with E-state index < -0.39 is 0 Å². The van der Waals surface area contributed by atoms with E-state index in [2.05, 4.69) is 56.0 Å². The van der Waals surface area contributed by atoms with Crippen LogP contribution in [0.4, 0.5) is 5.00 Å². The smallest absolute Gasteiger partial charge is 0.191 e. The number of fused-ring (bicyclic) bond motifs is 1. The molecule has 0 unspecified atom stereocenters. The van der Waals surface area contributed by atoms with Crippen molar-refractivity contribution in [3.63, 3.8) is 0 Å². The number of aromatic amines is 1. The Labute approximate surface area is 176 Å². The van der Waals surface area contributed by atoms with Crippen LogP contribution in [0.1, 0.15) is 32.0 Å². The molecule has 1 aliphatic rings. The van der Waals surface area contributed by atoms with Crippen molar-refractivity contribution in [1.29, 1.82) is 0 Å². The number of imidazole rings is 1. The molecule has 3 heterocycles. The number of benzene rings is 1. The lowest BCUT2D eigenvalue weighted by molar-refractivity contribution is 0.462. The number of hydrogen-bond acceptors (Lipinski definition) is 4. The van der Waals surface area contributed by atoms with Crippen LogP contribution in [0.3, 0.4) is 0 Å². The Kier molecular flexibility index (Phi) is 6.67. The highest BCUT2D eigenvalue weighted by Crippen LogP contribution is 2.24. The van der Waals surface area contributed by atoms with E-state index in [1.807, 2.05) is 29.5 Å². The van der Waals surface area contributed by atoms with Crippen LogP contribution in [0.15, 0.2) is 46.8 Å². The van der Waals surface area contributed by atoms with Gasteiger partial charge in [-0.25, -0.2) is 4.98 Å². The van der Waals surface area contributed by atoms with Gasteiger partial charge in [0.25, 0.3) is 0 Å². The molecule has 4 rings (SSSR count). The van der Waals surface area contributed by atoms with Crippen LogP contribution in [-0.4, -0.2) is 48.1 Å². The van der Waals surface area contributed by atoms with Crippen molar-refractivity contribution in [3.05, 3.63) is 47.6 Å². The highest BCUT2D eigenvalue weighted by molar-refractivity contribution is 7.14. The molecule has 7 heteroatoms. The maximum atomic E-state index is 4.79. The molecule has 1 aliphatic heterocycles. The summed E-state index contributed by atoms with van der Waals surface area (Å²) in [5, 5.41) is 10.6. The lowest BCUT2D eigenvalue weighted by atomic mass is 10.1. The number of nitrogens with zero attached hydrogens (tertiary/aromatic N) is 3. The van der Waals surface area contributed by atoms with Gasteiger partial charge in [0.15, 0.2) is 5.96 Å². The minimum Gasteiger partial charge on any atom is -0.363 e. The van der Waals surface area contributed by atoms with Gasteiger partial charge in [-0.1, -0.05) is 12.1 Å². The maximum Gasteiger partial charge on any atom is 0.191 e. The highest BCUT2D eigenvalue weighted by atomic mass is 32.1. The molecule has 0 spiro atoms. The molecule has 1 fully saturated rings. The molecule has 0 atom stereocenters. The molecule has 154 valence electrons. The number of aliphatic imine (C=N–C) groups is 1. The number of rotatable bonds is 7. The van der Waals surface area contributed by atoms with Crippen LogP contribution < -0.4 is 15.5 Å². The molecular formula is C22H30N6S. The molecule has 3 N–H and O–H groups in total. The third kappa shape index (κ3) is 5.29. The standard InChI is InChI=1S/C22H30N6S/c1-2-23-22(25-17-11-14-28(15-12-17)21-10-6-16-29-21)24-13-5-9-20-26-18-7-3-4-8-19(18)27-20/h3-4,6-8,10,16-17H,2,5,9,11-15H2,1H3,(H,26,27)(H2,23,24,25). The normalized spacial score (nSPS) is 15.8. The van der Waals surface area contributed by atoms with Gasteiger partial charge in [-0.3, -0.25) is 4.99 Å². The molecular weight excluding hydrogens is 380 g/mol. The van der Waals surface area contributed by atoms with E-state index in [4.69, 9.17) is 4.99 Å². The molecule has 1 aromatic carbocycles. The summed E-state index contributed by atoms with van der Waals surface area (Å²) in [6.45, 7) is 5.99. The van der Waals surface area contributed by atoms with E-state index in [1.165, 1.54) is 5.00 Å². The summed E-state index contributed by atoms with van der Waals surface area (Å²) < 4.78 is 0. The summed E-state index contributed by atoms with van der Waals surface area (Å²) in [7, 11) is 0. The fourth-order valence-corrected chi connectivity index (χ4v) is 4.55. The average molecular weight is 411 g/mol. The minimum absolute atomic E-state index is 0.486. The Morgan fingerprint density at radius 3 is 2.86 bits per heavy atom. The van der Waals surface area contributed by atoms with Gasteiger partial charge in [0.1, 0.15) is 5.82 Å². The Hall–Kier alpha value is -2.54. The van der Waals surface area contributed by atoms with Crippen LogP contribution in [0.2, 0.25) is 0 Å². The van der Waals surface area contributed by atoms with Gasteiger partial charge in [-0.15, -0.1) is 11.3 Å². The van der Waals surface area contributed by atoms with Crippen molar-refractivity contribution in [2.24, 2.45) is 4.99 Å². The molecule has 0 bridgehead atoms. The first kappa shape index (κ1) is 19.8. The van der Waals surface area contributed by atoms with Crippen molar-refractivity contribution in [1.82, 2.24) is 20.6 Å². The second-order valence-electron chi connectivity index (χ2n) is 7.42. The van der Waals surface area contributed by atoms with Crippen molar-refractivity contribution >= 4 is 33.3 Å². The van der Waals surface area contributed by atoms with Crippen LogP contribution in [0.25, 0.3) is 11.0 Å². The van der Waals surface area contributed by atoms with Gasteiger partial charge in [-0.2, -0.15) is 0 Å². The molecule has 0 aliphatic carbocycles. The number of H-pyrrole nitrogens is 1. The quantitative estimate of drug-likeness (QED) is 0.315. The summed E-state index contributed by atoms with van der Waals surface area (Å²) in [5.74, 6) is 1.98. The third-order valence-corrected chi connectivity index (χ3v) is 6.21. The lowest BCUT2D eigenvalue weighted by Crippen LogP contribution is -2.48. The number of thiophene rings is 1. The van der Waals surface area contributed by atoms with Crippen LogP contribution in [0.5, 0.6) is 0 Å². The van der Waals surface area contributed by atoms with Gasteiger partial charge < -0.3 is 20.5 Å². The monoisotopic (exact) mass is 410 g/mol. The first-order chi connectivity index (χ1) is 14.3. The van der Waals surface area contributed by atoms with Gasteiger partial charge in [0.2, 0.25) is 0 Å².